The summed E-state index contributed by atoms with van der Waals surface area (Å²) in [6, 6.07) is 16.7. The third-order valence-electron chi connectivity index (χ3n) is 5.48. The Labute approximate surface area is 167 Å². The molecule has 0 aliphatic carbocycles. The number of benzene rings is 2. The fraction of sp³-hybridized carbons (Fsp3) is 0.478. The van der Waals surface area contributed by atoms with Gasteiger partial charge >= 0.3 is 0 Å². The van der Waals surface area contributed by atoms with Crippen LogP contribution in [0.3, 0.4) is 0 Å². The Morgan fingerprint density at radius 1 is 1.00 bits per heavy atom. The Bertz CT molecular complexity index is 744. The van der Waals surface area contributed by atoms with E-state index in [1.165, 1.54) is 23.1 Å². The quantitative estimate of drug-likeness (QED) is 0.798. The van der Waals surface area contributed by atoms with Gasteiger partial charge in [0.2, 0.25) is 0 Å². The highest BCUT2D eigenvalue weighted by Gasteiger charge is 2.18. The minimum absolute atomic E-state index is 0.312. The zero-order valence-corrected chi connectivity index (χ0v) is 16.4. The van der Waals surface area contributed by atoms with Crippen LogP contribution in [0.4, 0.5) is 0 Å². The molecule has 0 spiro atoms. The van der Waals surface area contributed by atoms with E-state index in [2.05, 4.69) is 41.3 Å². The maximum absolute atomic E-state index is 10.4. The van der Waals surface area contributed by atoms with E-state index in [1.807, 2.05) is 17.2 Å². The summed E-state index contributed by atoms with van der Waals surface area (Å²) in [6.07, 6.45) is 2.90. The molecule has 5 nitrogen and oxygen atoms in total. The van der Waals surface area contributed by atoms with Gasteiger partial charge in [-0.3, -0.25) is 9.74 Å². The van der Waals surface area contributed by atoms with Crippen LogP contribution in [-0.4, -0.2) is 54.0 Å². The van der Waals surface area contributed by atoms with Gasteiger partial charge in [-0.25, -0.2) is 0 Å². The molecule has 2 heterocycles. The SMILES string of the molecule is OC(COc1ccc(CN2CCCCO2)cc1)CN1CCc2ccccc2C1. The largest absolute Gasteiger partial charge is 0.491 e. The van der Waals surface area contributed by atoms with E-state index >= 15 is 0 Å². The van der Waals surface area contributed by atoms with Crippen LogP contribution in [0.25, 0.3) is 0 Å². The summed E-state index contributed by atoms with van der Waals surface area (Å²) in [4.78, 5) is 7.95. The number of hydrogen-bond donors (Lipinski definition) is 1. The van der Waals surface area contributed by atoms with Crippen molar-refractivity contribution in [2.24, 2.45) is 0 Å². The molecule has 1 unspecified atom stereocenters. The van der Waals surface area contributed by atoms with Gasteiger partial charge in [-0.05, 0) is 48.1 Å². The Hall–Kier alpha value is -1.92. The zero-order chi connectivity index (χ0) is 19.2. The van der Waals surface area contributed by atoms with Gasteiger partial charge < -0.3 is 9.84 Å². The molecule has 2 aliphatic rings. The zero-order valence-electron chi connectivity index (χ0n) is 16.4. The van der Waals surface area contributed by atoms with Crippen LogP contribution in [0.2, 0.25) is 0 Å². The van der Waals surface area contributed by atoms with Gasteiger partial charge in [-0.2, -0.15) is 5.06 Å². The van der Waals surface area contributed by atoms with Crippen molar-refractivity contribution < 1.29 is 14.7 Å². The molecule has 4 rings (SSSR count). The van der Waals surface area contributed by atoms with E-state index < -0.39 is 6.10 Å². The van der Waals surface area contributed by atoms with Crippen molar-refractivity contribution in [2.75, 3.05) is 32.8 Å². The van der Waals surface area contributed by atoms with Gasteiger partial charge in [0, 0.05) is 32.7 Å². The van der Waals surface area contributed by atoms with Crippen LogP contribution in [0, 0.1) is 0 Å². The molecule has 0 radical (unpaired) electrons. The van der Waals surface area contributed by atoms with Gasteiger partial charge in [0.05, 0.1) is 6.61 Å². The lowest BCUT2D eigenvalue weighted by molar-refractivity contribution is -0.187. The molecular formula is C23H30N2O3. The molecule has 0 saturated carbocycles. The number of hydrogen-bond acceptors (Lipinski definition) is 5. The number of β-amino-alcohol motifs (C(OH)–C–C–N with tert-alkyl or cyclic N) is 1. The van der Waals surface area contributed by atoms with Gasteiger partial charge in [-0.15, -0.1) is 0 Å². The highest BCUT2D eigenvalue weighted by Crippen LogP contribution is 2.19. The number of aliphatic hydroxyl groups excluding tert-OH is 1. The minimum Gasteiger partial charge on any atom is -0.491 e. The minimum atomic E-state index is -0.494. The summed E-state index contributed by atoms with van der Waals surface area (Å²) in [5.74, 6) is 0.798. The molecule has 1 saturated heterocycles. The standard InChI is InChI=1S/C23H30N2O3/c26-22(17-24-13-11-20-5-1-2-6-21(20)16-24)18-27-23-9-7-19(8-10-23)15-25-12-3-4-14-28-25/h1-2,5-10,22,26H,3-4,11-18H2. The third-order valence-corrected chi connectivity index (χ3v) is 5.48. The van der Waals surface area contributed by atoms with Gasteiger partial charge in [-0.1, -0.05) is 36.4 Å². The van der Waals surface area contributed by atoms with Gasteiger partial charge in [0.25, 0.3) is 0 Å². The van der Waals surface area contributed by atoms with Crippen molar-refractivity contribution in [1.29, 1.82) is 0 Å². The summed E-state index contributed by atoms with van der Waals surface area (Å²) >= 11 is 0. The van der Waals surface area contributed by atoms with E-state index in [9.17, 15) is 5.11 Å². The van der Waals surface area contributed by atoms with Crippen molar-refractivity contribution in [3.63, 3.8) is 0 Å². The lowest BCUT2D eigenvalue weighted by Gasteiger charge is -2.30. The molecule has 1 N–H and O–H groups in total. The topological polar surface area (TPSA) is 45.2 Å². The van der Waals surface area contributed by atoms with Gasteiger partial charge in [0.1, 0.15) is 18.5 Å². The molecule has 2 aromatic rings. The number of ether oxygens (including phenoxy) is 1. The average molecular weight is 383 g/mol. The first kappa shape index (κ1) is 19.4. The first-order valence-electron chi connectivity index (χ1n) is 10.3. The summed E-state index contributed by atoms with van der Waals surface area (Å²) in [5.41, 5.74) is 4.01. The Kier molecular flexibility index (Phi) is 6.60. The first-order valence-corrected chi connectivity index (χ1v) is 10.3. The molecule has 0 aromatic heterocycles. The summed E-state index contributed by atoms with van der Waals surface area (Å²) in [5, 5.41) is 12.4. The second-order valence-electron chi connectivity index (χ2n) is 7.77. The van der Waals surface area contributed by atoms with Crippen LogP contribution >= 0.6 is 0 Å². The first-order chi connectivity index (χ1) is 13.8. The van der Waals surface area contributed by atoms with Crippen LogP contribution in [0.15, 0.2) is 48.5 Å². The van der Waals surface area contributed by atoms with E-state index in [0.29, 0.717) is 13.2 Å². The molecule has 150 valence electrons. The number of aliphatic hydroxyl groups is 1. The molecule has 0 bridgehead atoms. The lowest BCUT2D eigenvalue weighted by atomic mass is 10.00. The van der Waals surface area contributed by atoms with Crippen molar-refractivity contribution in [1.82, 2.24) is 9.96 Å². The maximum atomic E-state index is 10.4. The molecular weight excluding hydrogens is 352 g/mol. The molecule has 2 aromatic carbocycles. The number of nitrogens with zero attached hydrogens (tertiary/aromatic N) is 2. The number of hydroxylamine groups is 2. The highest BCUT2D eigenvalue weighted by molar-refractivity contribution is 5.29. The summed E-state index contributed by atoms with van der Waals surface area (Å²) < 4.78 is 5.80. The van der Waals surface area contributed by atoms with Crippen molar-refractivity contribution in [3.05, 3.63) is 65.2 Å². The van der Waals surface area contributed by atoms with Crippen LogP contribution in [0.1, 0.15) is 29.5 Å². The Morgan fingerprint density at radius 2 is 1.82 bits per heavy atom. The normalized spacial score (nSPS) is 19.2. The lowest BCUT2D eigenvalue weighted by Crippen LogP contribution is -2.38. The Balaban J connectivity index is 1.21. The fourth-order valence-corrected chi connectivity index (χ4v) is 3.92. The monoisotopic (exact) mass is 382 g/mol. The second kappa shape index (κ2) is 9.52. The summed E-state index contributed by atoms with van der Waals surface area (Å²) in [6.45, 7) is 5.46. The van der Waals surface area contributed by atoms with Crippen molar-refractivity contribution >= 4 is 0 Å². The van der Waals surface area contributed by atoms with Crippen LogP contribution < -0.4 is 4.74 Å². The second-order valence-corrected chi connectivity index (χ2v) is 7.77. The van der Waals surface area contributed by atoms with E-state index in [-0.39, 0.29) is 0 Å². The summed E-state index contributed by atoms with van der Waals surface area (Å²) in [7, 11) is 0. The van der Waals surface area contributed by atoms with E-state index in [1.54, 1.807) is 0 Å². The predicted octanol–water partition coefficient (Wildman–Crippen LogP) is 3.01. The molecule has 28 heavy (non-hydrogen) atoms. The van der Waals surface area contributed by atoms with Crippen LogP contribution in [0.5, 0.6) is 5.75 Å². The Morgan fingerprint density at radius 3 is 2.61 bits per heavy atom. The number of rotatable bonds is 7. The van der Waals surface area contributed by atoms with E-state index in [0.717, 1.165) is 51.4 Å². The van der Waals surface area contributed by atoms with Crippen molar-refractivity contribution in [2.45, 2.75) is 38.5 Å². The average Bonchev–Trinajstić information content (AvgIpc) is 2.74. The molecule has 5 heteroatoms. The third kappa shape index (κ3) is 5.32. The molecule has 2 aliphatic heterocycles. The predicted molar refractivity (Wildman–Crippen MR) is 109 cm³/mol. The fourth-order valence-electron chi connectivity index (χ4n) is 3.92. The van der Waals surface area contributed by atoms with Crippen molar-refractivity contribution in [3.8, 4) is 5.75 Å². The van der Waals surface area contributed by atoms with Gasteiger partial charge in [0.15, 0.2) is 0 Å². The highest BCUT2D eigenvalue weighted by atomic mass is 16.7. The molecule has 1 fully saturated rings. The molecule has 1 atom stereocenters. The van der Waals surface area contributed by atoms with Crippen LogP contribution in [-0.2, 0) is 24.3 Å². The van der Waals surface area contributed by atoms with E-state index in [4.69, 9.17) is 9.57 Å². The smallest absolute Gasteiger partial charge is 0.119 e. The number of fused-ring (bicyclic) bond motifs is 1. The molecule has 0 amide bonds. The maximum Gasteiger partial charge on any atom is 0.119 e.